The van der Waals surface area contributed by atoms with Crippen molar-refractivity contribution in [1.29, 1.82) is 0 Å². The van der Waals surface area contributed by atoms with Crippen molar-refractivity contribution in [1.82, 2.24) is 10.2 Å². The monoisotopic (exact) mass is 260 g/mol. The molecule has 1 heterocycles. The number of unbranched alkanes of at least 4 members (excludes halogenated alkanes) is 1. The second kappa shape index (κ2) is 7.66. The van der Waals surface area contributed by atoms with Gasteiger partial charge in [-0.3, -0.25) is 4.90 Å². The zero-order valence-corrected chi connectivity index (χ0v) is 12.5. The molecule has 2 rings (SSSR count). The van der Waals surface area contributed by atoms with Crippen LogP contribution in [0.15, 0.2) is 24.3 Å². The highest BCUT2D eigenvalue weighted by Gasteiger charge is 2.21. The molecule has 1 unspecified atom stereocenters. The third-order valence-electron chi connectivity index (χ3n) is 4.19. The number of rotatable bonds is 5. The van der Waals surface area contributed by atoms with E-state index in [9.17, 15) is 0 Å². The second-order valence-electron chi connectivity index (χ2n) is 5.65. The summed E-state index contributed by atoms with van der Waals surface area (Å²) in [5.41, 5.74) is 2.98. The van der Waals surface area contributed by atoms with Crippen LogP contribution in [0.4, 0.5) is 0 Å². The summed E-state index contributed by atoms with van der Waals surface area (Å²) in [7, 11) is 0. The largest absolute Gasteiger partial charge is 0.315 e. The lowest BCUT2D eigenvalue weighted by atomic mass is 9.95. The van der Waals surface area contributed by atoms with Crippen LogP contribution in [0.3, 0.4) is 0 Å². The molecule has 0 saturated carbocycles. The van der Waals surface area contributed by atoms with Gasteiger partial charge in [0.2, 0.25) is 0 Å². The van der Waals surface area contributed by atoms with Crippen molar-refractivity contribution in [2.24, 2.45) is 0 Å². The molecule has 19 heavy (non-hydrogen) atoms. The highest BCUT2D eigenvalue weighted by molar-refractivity contribution is 5.28. The van der Waals surface area contributed by atoms with Crippen LogP contribution in [-0.2, 0) is 0 Å². The molecule has 1 saturated heterocycles. The molecule has 106 valence electrons. The summed E-state index contributed by atoms with van der Waals surface area (Å²) in [4.78, 5) is 2.69. The van der Waals surface area contributed by atoms with E-state index in [2.05, 4.69) is 48.3 Å². The minimum atomic E-state index is 0.612. The summed E-state index contributed by atoms with van der Waals surface area (Å²) >= 11 is 0. The van der Waals surface area contributed by atoms with Crippen LogP contribution >= 0.6 is 0 Å². The van der Waals surface area contributed by atoms with Crippen LogP contribution in [0.2, 0.25) is 0 Å². The van der Waals surface area contributed by atoms with Gasteiger partial charge in [0.05, 0.1) is 0 Å². The van der Waals surface area contributed by atoms with E-state index in [1.54, 1.807) is 0 Å². The summed E-state index contributed by atoms with van der Waals surface area (Å²) in [6.07, 6.45) is 5.17. The maximum absolute atomic E-state index is 3.51. The predicted molar refractivity (Wildman–Crippen MR) is 82.5 cm³/mol. The van der Waals surface area contributed by atoms with Gasteiger partial charge in [-0.2, -0.15) is 0 Å². The molecule has 1 aliphatic rings. The molecule has 1 aliphatic heterocycles. The van der Waals surface area contributed by atoms with Gasteiger partial charge in [-0.05, 0) is 37.4 Å². The summed E-state index contributed by atoms with van der Waals surface area (Å²) in [5, 5.41) is 3.51. The van der Waals surface area contributed by atoms with Crippen molar-refractivity contribution in [2.75, 3.05) is 26.2 Å². The Balaban J connectivity index is 2.16. The molecular formula is C17H28N2. The Hall–Kier alpha value is -0.860. The standard InChI is InChI=1S/C17H28N2/c1-3-4-10-17(16-9-6-5-8-15(16)2)19-13-7-11-18-12-14-19/h5-6,8-9,17-18H,3-4,7,10-14H2,1-2H3. The van der Waals surface area contributed by atoms with Gasteiger partial charge >= 0.3 is 0 Å². The third kappa shape index (κ3) is 4.05. The van der Waals surface area contributed by atoms with Crippen molar-refractivity contribution < 1.29 is 0 Å². The molecule has 0 spiro atoms. The van der Waals surface area contributed by atoms with Gasteiger partial charge in [0.15, 0.2) is 0 Å². The average Bonchev–Trinajstić information content (AvgIpc) is 2.70. The molecule has 1 aromatic rings. The highest BCUT2D eigenvalue weighted by atomic mass is 15.2. The number of aryl methyl sites for hydroxylation is 1. The Morgan fingerprint density at radius 3 is 2.84 bits per heavy atom. The molecule has 2 heteroatoms. The lowest BCUT2D eigenvalue weighted by Crippen LogP contribution is -2.32. The van der Waals surface area contributed by atoms with E-state index in [1.807, 2.05) is 0 Å². The van der Waals surface area contributed by atoms with Gasteiger partial charge in [-0.25, -0.2) is 0 Å². The zero-order valence-electron chi connectivity index (χ0n) is 12.5. The van der Waals surface area contributed by atoms with Gasteiger partial charge in [-0.15, -0.1) is 0 Å². The first-order valence-electron chi connectivity index (χ1n) is 7.83. The predicted octanol–water partition coefficient (Wildman–Crippen LogP) is 3.52. The van der Waals surface area contributed by atoms with Crippen molar-refractivity contribution in [3.05, 3.63) is 35.4 Å². The Morgan fingerprint density at radius 2 is 2.05 bits per heavy atom. The molecule has 0 bridgehead atoms. The first kappa shape index (κ1) is 14.5. The van der Waals surface area contributed by atoms with Crippen molar-refractivity contribution in [3.63, 3.8) is 0 Å². The molecule has 1 N–H and O–H groups in total. The van der Waals surface area contributed by atoms with Gasteiger partial charge < -0.3 is 5.32 Å². The second-order valence-corrected chi connectivity index (χ2v) is 5.65. The number of nitrogens with one attached hydrogen (secondary N) is 1. The summed E-state index contributed by atoms with van der Waals surface area (Å²) in [6, 6.07) is 9.54. The summed E-state index contributed by atoms with van der Waals surface area (Å²) in [5.74, 6) is 0. The SMILES string of the molecule is CCCCC(c1ccccc1C)N1CCCNCC1. The molecule has 0 aliphatic carbocycles. The first-order valence-corrected chi connectivity index (χ1v) is 7.83. The average molecular weight is 260 g/mol. The van der Waals surface area contributed by atoms with Crippen LogP contribution in [-0.4, -0.2) is 31.1 Å². The van der Waals surface area contributed by atoms with E-state index in [1.165, 1.54) is 56.4 Å². The van der Waals surface area contributed by atoms with E-state index in [4.69, 9.17) is 0 Å². The van der Waals surface area contributed by atoms with E-state index in [0.29, 0.717) is 6.04 Å². The first-order chi connectivity index (χ1) is 9.33. The van der Waals surface area contributed by atoms with Crippen LogP contribution in [0, 0.1) is 6.92 Å². The Kier molecular flexibility index (Phi) is 5.87. The van der Waals surface area contributed by atoms with Gasteiger partial charge in [0.1, 0.15) is 0 Å². The lowest BCUT2D eigenvalue weighted by Gasteiger charge is -2.32. The maximum Gasteiger partial charge on any atom is 0.0351 e. The fourth-order valence-corrected chi connectivity index (χ4v) is 3.07. The van der Waals surface area contributed by atoms with Gasteiger partial charge in [0.25, 0.3) is 0 Å². The maximum atomic E-state index is 3.51. The van der Waals surface area contributed by atoms with E-state index >= 15 is 0 Å². The van der Waals surface area contributed by atoms with Crippen molar-refractivity contribution in [2.45, 2.75) is 45.6 Å². The molecule has 1 fully saturated rings. The molecule has 2 nitrogen and oxygen atoms in total. The van der Waals surface area contributed by atoms with Crippen molar-refractivity contribution >= 4 is 0 Å². The number of benzene rings is 1. The van der Waals surface area contributed by atoms with E-state index in [-0.39, 0.29) is 0 Å². The van der Waals surface area contributed by atoms with Crippen LogP contribution in [0.25, 0.3) is 0 Å². The number of hydrogen-bond donors (Lipinski definition) is 1. The van der Waals surface area contributed by atoms with E-state index in [0.717, 1.165) is 6.54 Å². The summed E-state index contributed by atoms with van der Waals surface area (Å²) in [6.45, 7) is 9.26. The smallest absolute Gasteiger partial charge is 0.0351 e. The third-order valence-corrected chi connectivity index (χ3v) is 4.19. The minimum absolute atomic E-state index is 0.612. The molecule has 0 aromatic heterocycles. The summed E-state index contributed by atoms with van der Waals surface area (Å²) < 4.78 is 0. The zero-order chi connectivity index (χ0) is 13.5. The molecule has 0 radical (unpaired) electrons. The van der Waals surface area contributed by atoms with Crippen LogP contribution < -0.4 is 5.32 Å². The Labute approximate surface area is 118 Å². The highest BCUT2D eigenvalue weighted by Crippen LogP contribution is 2.29. The van der Waals surface area contributed by atoms with Crippen LogP contribution in [0.5, 0.6) is 0 Å². The molecular weight excluding hydrogens is 232 g/mol. The Bertz CT molecular complexity index is 367. The van der Waals surface area contributed by atoms with Crippen molar-refractivity contribution in [3.8, 4) is 0 Å². The van der Waals surface area contributed by atoms with Crippen LogP contribution in [0.1, 0.15) is 49.8 Å². The number of hydrogen-bond acceptors (Lipinski definition) is 2. The van der Waals surface area contributed by atoms with Gasteiger partial charge in [-0.1, -0.05) is 44.0 Å². The minimum Gasteiger partial charge on any atom is -0.315 e. The fraction of sp³-hybridized carbons (Fsp3) is 0.647. The normalized spacial score (nSPS) is 19.1. The number of nitrogens with zero attached hydrogens (tertiary/aromatic N) is 1. The molecule has 1 aromatic carbocycles. The topological polar surface area (TPSA) is 15.3 Å². The Morgan fingerprint density at radius 1 is 1.21 bits per heavy atom. The lowest BCUT2D eigenvalue weighted by molar-refractivity contribution is 0.196. The fourth-order valence-electron chi connectivity index (χ4n) is 3.07. The molecule has 1 atom stereocenters. The quantitative estimate of drug-likeness (QED) is 0.871. The van der Waals surface area contributed by atoms with Gasteiger partial charge in [0, 0.05) is 25.7 Å². The molecule has 0 amide bonds. The van der Waals surface area contributed by atoms with E-state index < -0.39 is 0 Å².